The third-order valence-corrected chi connectivity index (χ3v) is 6.77. The maximum absolute atomic E-state index is 12.5. The Bertz CT molecular complexity index is 710. The van der Waals surface area contributed by atoms with Crippen LogP contribution in [-0.2, 0) is 14.3 Å². The molecule has 1 aliphatic heterocycles. The number of morpholine rings is 1. The van der Waals surface area contributed by atoms with E-state index in [9.17, 15) is 14.7 Å². The molecule has 0 unspecified atom stereocenters. The monoisotopic (exact) mass is 400 g/mol. The Hall–Kier alpha value is -1.92. The molecule has 1 aromatic carbocycles. The van der Waals surface area contributed by atoms with E-state index >= 15 is 0 Å². The minimum absolute atomic E-state index is 0.0322. The van der Waals surface area contributed by atoms with Crippen LogP contribution in [0.15, 0.2) is 24.3 Å². The number of rotatable bonds is 6. The third kappa shape index (κ3) is 4.81. The van der Waals surface area contributed by atoms with Crippen LogP contribution in [0.4, 0.5) is 5.69 Å². The molecule has 4 rings (SSSR count). The summed E-state index contributed by atoms with van der Waals surface area (Å²) in [6.45, 7) is 1.15. The van der Waals surface area contributed by atoms with Crippen molar-refractivity contribution in [3.63, 3.8) is 0 Å². The smallest absolute Gasteiger partial charge is 0.249 e. The average Bonchev–Trinajstić information content (AvgIpc) is 2.69. The quantitative estimate of drug-likeness (QED) is 0.768. The average molecular weight is 401 g/mol. The number of benzene rings is 1. The molecule has 158 valence electrons. The molecule has 1 saturated heterocycles. The van der Waals surface area contributed by atoms with Gasteiger partial charge in [-0.3, -0.25) is 9.59 Å². The van der Waals surface area contributed by atoms with E-state index < -0.39 is 6.10 Å². The van der Waals surface area contributed by atoms with E-state index in [4.69, 9.17) is 4.74 Å². The molecule has 3 fully saturated rings. The maximum Gasteiger partial charge on any atom is 0.249 e. The van der Waals surface area contributed by atoms with Crippen molar-refractivity contribution in [2.75, 3.05) is 25.1 Å². The fraction of sp³-hybridized carbons (Fsp3) is 0.652. The first-order valence-corrected chi connectivity index (χ1v) is 11.1. The molecule has 6 heteroatoms. The zero-order valence-electron chi connectivity index (χ0n) is 17.0. The summed E-state index contributed by atoms with van der Waals surface area (Å²) in [5.74, 6) is 0.702. The largest absolute Gasteiger partial charge is 0.386 e. The van der Waals surface area contributed by atoms with Crippen LogP contribution < -0.4 is 5.32 Å². The van der Waals surface area contributed by atoms with E-state index in [1.54, 1.807) is 0 Å². The maximum atomic E-state index is 12.5. The number of nitrogens with one attached hydrogen (secondary N) is 1. The van der Waals surface area contributed by atoms with Gasteiger partial charge in [0.25, 0.3) is 0 Å². The van der Waals surface area contributed by atoms with Crippen molar-refractivity contribution in [2.45, 2.75) is 63.5 Å². The molecule has 1 heterocycles. The second-order valence-electron chi connectivity index (χ2n) is 8.82. The van der Waals surface area contributed by atoms with Gasteiger partial charge in [0.1, 0.15) is 12.7 Å². The van der Waals surface area contributed by atoms with Crippen LogP contribution in [0.3, 0.4) is 0 Å². The minimum atomic E-state index is -0.806. The van der Waals surface area contributed by atoms with E-state index in [1.807, 2.05) is 29.2 Å². The van der Waals surface area contributed by atoms with Gasteiger partial charge in [-0.25, -0.2) is 0 Å². The molecule has 0 spiro atoms. The standard InChI is InChI=1S/C23H32N2O4/c26-21-15-29-14-20(25(21)13-16-5-2-1-3-6-16)22(27)17-9-11-19(12-10-17)24-23(28)18-7-4-8-18/h9-12,16,18,20,22,27H,1-8,13-15H2,(H,24,28)/t20-,22-/m1/s1. The summed E-state index contributed by atoms with van der Waals surface area (Å²) in [7, 11) is 0. The molecule has 2 amide bonds. The Morgan fingerprint density at radius 1 is 1.10 bits per heavy atom. The zero-order chi connectivity index (χ0) is 20.2. The Labute approximate surface area is 172 Å². The summed E-state index contributed by atoms with van der Waals surface area (Å²) >= 11 is 0. The van der Waals surface area contributed by atoms with Crippen LogP contribution in [-0.4, -0.2) is 47.6 Å². The van der Waals surface area contributed by atoms with Crippen molar-refractivity contribution in [2.24, 2.45) is 11.8 Å². The van der Waals surface area contributed by atoms with Crippen molar-refractivity contribution in [1.29, 1.82) is 0 Å². The molecule has 3 aliphatic rings. The summed E-state index contributed by atoms with van der Waals surface area (Å²) < 4.78 is 5.47. The zero-order valence-corrected chi connectivity index (χ0v) is 17.0. The number of nitrogens with zero attached hydrogens (tertiary/aromatic N) is 1. The van der Waals surface area contributed by atoms with Gasteiger partial charge in [-0.1, -0.05) is 37.8 Å². The number of amides is 2. The highest BCUT2D eigenvalue weighted by molar-refractivity contribution is 5.93. The van der Waals surface area contributed by atoms with Gasteiger partial charge in [-0.15, -0.1) is 0 Å². The van der Waals surface area contributed by atoms with Gasteiger partial charge in [0, 0.05) is 18.2 Å². The number of anilines is 1. The third-order valence-electron chi connectivity index (χ3n) is 6.77. The normalized spacial score (nSPS) is 24.8. The fourth-order valence-corrected chi connectivity index (χ4v) is 4.67. The summed E-state index contributed by atoms with van der Waals surface area (Å²) in [4.78, 5) is 26.5. The minimum Gasteiger partial charge on any atom is -0.386 e. The van der Waals surface area contributed by atoms with E-state index in [1.165, 1.54) is 19.3 Å². The van der Waals surface area contributed by atoms with E-state index in [-0.39, 0.29) is 30.4 Å². The highest BCUT2D eigenvalue weighted by Gasteiger charge is 2.36. The van der Waals surface area contributed by atoms with Crippen LogP contribution in [0.1, 0.15) is 63.0 Å². The van der Waals surface area contributed by atoms with Crippen LogP contribution >= 0.6 is 0 Å². The van der Waals surface area contributed by atoms with E-state index in [0.717, 1.165) is 43.4 Å². The summed E-state index contributed by atoms with van der Waals surface area (Å²) in [6, 6.07) is 6.95. The van der Waals surface area contributed by atoms with Crippen molar-refractivity contribution in [3.05, 3.63) is 29.8 Å². The molecule has 0 bridgehead atoms. The Balaban J connectivity index is 1.41. The number of hydrogen-bond acceptors (Lipinski definition) is 4. The molecule has 2 N–H and O–H groups in total. The lowest BCUT2D eigenvalue weighted by Crippen LogP contribution is -2.53. The molecular formula is C23H32N2O4. The number of ether oxygens (including phenoxy) is 1. The SMILES string of the molecule is O=C(Nc1ccc([C@@H](O)[C@H]2COCC(=O)N2CC2CCCCC2)cc1)C1CCC1. The van der Waals surface area contributed by atoms with Gasteiger partial charge in [0.05, 0.1) is 12.6 Å². The number of carbonyl (C=O) groups excluding carboxylic acids is 2. The first kappa shape index (κ1) is 20.4. The molecule has 0 radical (unpaired) electrons. The van der Waals surface area contributed by atoms with Crippen molar-refractivity contribution < 1.29 is 19.4 Å². The number of aliphatic hydroxyl groups is 1. The van der Waals surface area contributed by atoms with Crippen molar-refractivity contribution >= 4 is 17.5 Å². The van der Waals surface area contributed by atoms with E-state index in [0.29, 0.717) is 19.1 Å². The predicted octanol–water partition coefficient (Wildman–Crippen LogP) is 3.27. The van der Waals surface area contributed by atoms with Gasteiger partial charge in [-0.05, 0) is 49.3 Å². The number of aliphatic hydroxyl groups excluding tert-OH is 1. The number of carbonyl (C=O) groups is 2. The molecule has 6 nitrogen and oxygen atoms in total. The van der Waals surface area contributed by atoms with Crippen LogP contribution in [0.2, 0.25) is 0 Å². The Kier molecular flexibility index (Phi) is 6.50. The molecule has 2 aliphatic carbocycles. The van der Waals surface area contributed by atoms with Crippen LogP contribution in [0.5, 0.6) is 0 Å². The lowest BCUT2D eigenvalue weighted by molar-refractivity contribution is -0.155. The first-order valence-electron chi connectivity index (χ1n) is 11.1. The molecule has 1 aromatic rings. The summed E-state index contributed by atoms with van der Waals surface area (Å²) in [6.07, 6.45) is 8.30. The first-order chi connectivity index (χ1) is 14.1. The highest BCUT2D eigenvalue weighted by atomic mass is 16.5. The molecule has 2 saturated carbocycles. The van der Waals surface area contributed by atoms with Gasteiger partial charge in [-0.2, -0.15) is 0 Å². The van der Waals surface area contributed by atoms with Crippen molar-refractivity contribution in [3.8, 4) is 0 Å². The lowest BCUT2D eigenvalue weighted by Gasteiger charge is -2.40. The predicted molar refractivity (Wildman–Crippen MR) is 110 cm³/mol. The Morgan fingerprint density at radius 2 is 1.83 bits per heavy atom. The van der Waals surface area contributed by atoms with Gasteiger partial charge >= 0.3 is 0 Å². The Morgan fingerprint density at radius 3 is 2.48 bits per heavy atom. The highest BCUT2D eigenvalue weighted by Crippen LogP contribution is 2.31. The summed E-state index contributed by atoms with van der Waals surface area (Å²) in [5.41, 5.74) is 1.48. The van der Waals surface area contributed by atoms with Gasteiger partial charge < -0.3 is 20.1 Å². The van der Waals surface area contributed by atoms with E-state index in [2.05, 4.69) is 5.32 Å². The number of hydrogen-bond donors (Lipinski definition) is 2. The fourth-order valence-electron chi connectivity index (χ4n) is 4.67. The molecule has 29 heavy (non-hydrogen) atoms. The van der Waals surface area contributed by atoms with Crippen molar-refractivity contribution in [1.82, 2.24) is 4.90 Å². The molecular weight excluding hydrogens is 368 g/mol. The van der Waals surface area contributed by atoms with Crippen LogP contribution in [0.25, 0.3) is 0 Å². The lowest BCUT2D eigenvalue weighted by atomic mass is 9.85. The summed E-state index contributed by atoms with van der Waals surface area (Å²) in [5, 5.41) is 14.0. The molecule has 2 atom stereocenters. The van der Waals surface area contributed by atoms with Gasteiger partial charge in [0.15, 0.2) is 0 Å². The van der Waals surface area contributed by atoms with Crippen LogP contribution in [0, 0.1) is 11.8 Å². The van der Waals surface area contributed by atoms with Gasteiger partial charge in [0.2, 0.25) is 11.8 Å². The second-order valence-corrected chi connectivity index (χ2v) is 8.82. The second kappa shape index (κ2) is 9.26. The topological polar surface area (TPSA) is 78.9 Å². The molecule has 0 aromatic heterocycles.